The monoisotopic (exact) mass is 417 g/mol. The second-order valence-electron chi connectivity index (χ2n) is 7.18. The van der Waals surface area contributed by atoms with Gasteiger partial charge in [0.25, 0.3) is 11.8 Å². The number of nitrogens with zero attached hydrogens (tertiary/aromatic N) is 2. The summed E-state index contributed by atoms with van der Waals surface area (Å²) in [6, 6.07) is 7.33. The summed E-state index contributed by atoms with van der Waals surface area (Å²) >= 11 is 0. The molecule has 2 amide bonds. The number of carbonyl (C=O) groups is 2. The van der Waals surface area contributed by atoms with Crippen LogP contribution in [0.25, 0.3) is 0 Å². The van der Waals surface area contributed by atoms with Crippen LogP contribution in [0.4, 0.5) is 8.78 Å². The molecule has 0 aliphatic carbocycles. The Balaban J connectivity index is 1.79. The average Bonchev–Trinajstić information content (AvgIpc) is 3.36. The van der Waals surface area contributed by atoms with Gasteiger partial charge in [-0.3, -0.25) is 9.59 Å². The van der Waals surface area contributed by atoms with Crippen molar-refractivity contribution < 1.29 is 27.3 Å². The highest BCUT2D eigenvalue weighted by Crippen LogP contribution is 2.17. The number of carbonyl (C=O) groups excluding carboxylic acids is 2. The lowest BCUT2D eigenvalue weighted by atomic mass is 10.1. The molecule has 0 saturated heterocycles. The molecule has 3 rings (SSSR count). The molecule has 1 N–H and O–H groups in total. The first-order chi connectivity index (χ1) is 14.3. The number of hydrogen-bond donors (Lipinski definition) is 1. The van der Waals surface area contributed by atoms with Crippen LogP contribution in [0.1, 0.15) is 46.2 Å². The molecule has 7 nitrogen and oxygen atoms in total. The van der Waals surface area contributed by atoms with Crippen LogP contribution in [0, 0.1) is 17.6 Å². The number of hydrogen-bond acceptors (Lipinski definition) is 5. The van der Waals surface area contributed by atoms with Crippen LogP contribution < -0.4 is 5.32 Å². The summed E-state index contributed by atoms with van der Waals surface area (Å²) < 4.78 is 37.6. The van der Waals surface area contributed by atoms with Crippen LogP contribution in [0.3, 0.4) is 0 Å². The predicted molar refractivity (Wildman–Crippen MR) is 102 cm³/mol. The van der Waals surface area contributed by atoms with E-state index in [-0.39, 0.29) is 36.0 Å². The van der Waals surface area contributed by atoms with E-state index in [2.05, 4.69) is 10.5 Å². The SMILES string of the molecule is CC(C)CNC(=O)c1cc(CN(Cc2ccco2)C(=O)c2cc(F)cc(F)c2)on1. The number of halogens is 2. The van der Waals surface area contributed by atoms with E-state index in [0.29, 0.717) is 18.4 Å². The zero-order chi connectivity index (χ0) is 21.7. The molecule has 30 heavy (non-hydrogen) atoms. The quantitative estimate of drug-likeness (QED) is 0.603. The van der Waals surface area contributed by atoms with Gasteiger partial charge in [0.2, 0.25) is 0 Å². The minimum absolute atomic E-state index is 0.0273. The summed E-state index contributed by atoms with van der Waals surface area (Å²) in [7, 11) is 0. The van der Waals surface area contributed by atoms with Crippen molar-refractivity contribution in [1.29, 1.82) is 0 Å². The largest absolute Gasteiger partial charge is 0.467 e. The van der Waals surface area contributed by atoms with Gasteiger partial charge in [0.05, 0.1) is 19.4 Å². The van der Waals surface area contributed by atoms with Crippen LogP contribution in [-0.2, 0) is 13.1 Å². The summed E-state index contributed by atoms with van der Waals surface area (Å²) in [5.41, 5.74) is -0.0821. The van der Waals surface area contributed by atoms with Crippen molar-refractivity contribution in [2.75, 3.05) is 6.54 Å². The van der Waals surface area contributed by atoms with Gasteiger partial charge in [-0.2, -0.15) is 0 Å². The van der Waals surface area contributed by atoms with E-state index in [4.69, 9.17) is 8.94 Å². The number of benzene rings is 1. The fraction of sp³-hybridized carbons (Fsp3) is 0.286. The Morgan fingerprint density at radius 2 is 1.80 bits per heavy atom. The summed E-state index contributed by atoms with van der Waals surface area (Å²) in [6.07, 6.45) is 1.45. The third-order valence-electron chi connectivity index (χ3n) is 4.13. The molecule has 3 aromatic rings. The zero-order valence-electron chi connectivity index (χ0n) is 16.5. The average molecular weight is 417 g/mol. The Kier molecular flexibility index (Phi) is 6.61. The number of aromatic nitrogens is 1. The normalized spacial score (nSPS) is 11.0. The smallest absolute Gasteiger partial charge is 0.273 e. The predicted octanol–water partition coefficient (Wildman–Crippen LogP) is 3.77. The first-order valence-electron chi connectivity index (χ1n) is 9.33. The molecule has 0 saturated carbocycles. The van der Waals surface area contributed by atoms with E-state index < -0.39 is 23.4 Å². The maximum Gasteiger partial charge on any atom is 0.273 e. The molecule has 1 aromatic carbocycles. The molecule has 0 unspecified atom stereocenters. The maximum atomic E-state index is 13.6. The summed E-state index contributed by atoms with van der Waals surface area (Å²) in [6.45, 7) is 4.35. The van der Waals surface area contributed by atoms with Crippen molar-refractivity contribution in [2.45, 2.75) is 26.9 Å². The van der Waals surface area contributed by atoms with Gasteiger partial charge in [0, 0.05) is 24.2 Å². The first kappa shape index (κ1) is 21.2. The van der Waals surface area contributed by atoms with Crippen LogP contribution in [0.5, 0.6) is 0 Å². The van der Waals surface area contributed by atoms with Gasteiger partial charge in [-0.15, -0.1) is 0 Å². The summed E-state index contributed by atoms with van der Waals surface area (Å²) in [4.78, 5) is 26.3. The Morgan fingerprint density at radius 3 is 2.43 bits per heavy atom. The van der Waals surface area contributed by atoms with Gasteiger partial charge in [-0.05, 0) is 30.2 Å². The third kappa shape index (κ3) is 5.53. The lowest BCUT2D eigenvalue weighted by Crippen LogP contribution is -2.30. The number of furan rings is 1. The molecule has 0 radical (unpaired) electrons. The fourth-order valence-corrected chi connectivity index (χ4v) is 2.72. The summed E-state index contributed by atoms with van der Waals surface area (Å²) in [5.74, 6) is -1.77. The molecule has 158 valence electrons. The number of nitrogens with one attached hydrogen (secondary N) is 1. The van der Waals surface area contributed by atoms with E-state index in [9.17, 15) is 18.4 Å². The first-order valence-corrected chi connectivity index (χ1v) is 9.33. The van der Waals surface area contributed by atoms with Gasteiger partial charge in [-0.1, -0.05) is 19.0 Å². The molecular weight excluding hydrogens is 396 g/mol. The lowest BCUT2D eigenvalue weighted by molar-refractivity contribution is 0.0699. The topological polar surface area (TPSA) is 88.6 Å². The van der Waals surface area contributed by atoms with E-state index >= 15 is 0 Å². The standard InChI is InChI=1S/C21H21F2N3O4/c1-13(2)10-24-20(27)19-9-18(30-25-19)12-26(11-17-4-3-5-29-17)21(28)14-6-15(22)8-16(23)7-14/h3-9,13H,10-12H2,1-2H3,(H,24,27). The molecule has 2 aromatic heterocycles. The molecule has 0 atom stereocenters. The van der Waals surface area contributed by atoms with Gasteiger partial charge >= 0.3 is 0 Å². The Hall–Kier alpha value is -3.49. The van der Waals surface area contributed by atoms with Gasteiger partial charge in [0.1, 0.15) is 17.4 Å². The Morgan fingerprint density at radius 1 is 1.10 bits per heavy atom. The maximum absolute atomic E-state index is 13.6. The number of amides is 2. The second kappa shape index (κ2) is 9.34. The van der Waals surface area contributed by atoms with E-state index in [0.717, 1.165) is 12.1 Å². The van der Waals surface area contributed by atoms with Crippen LogP contribution in [-0.4, -0.2) is 28.4 Å². The second-order valence-corrected chi connectivity index (χ2v) is 7.18. The minimum atomic E-state index is -0.861. The van der Waals surface area contributed by atoms with Gasteiger partial charge in [0.15, 0.2) is 11.5 Å². The highest BCUT2D eigenvalue weighted by atomic mass is 19.1. The van der Waals surface area contributed by atoms with Crippen LogP contribution >= 0.6 is 0 Å². The zero-order valence-corrected chi connectivity index (χ0v) is 16.5. The Labute approximate surface area is 171 Å². The van der Waals surface area contributed by atoms with Crippen molar-refractivity contribution in [2.24, 2.45) is 5.92 Å². The molecule has 0 spiro atoms. The highest BCUT2D eigenvalue weighted by molar-refractivity contribution is 5.94. The molecule has 9 heteroatoms. The summed E-state index contributed by atoms with van der Waals surface area (Å²) in [5, 5.41) is 6.46. The van der Waals surface area contributed by atoms with Crippen molar-refractivity contribution in [1.82, 2.24) is 15.4 Å². The Bertz CT molecular complexity index is 995. The molecule has 0 bridgehead atoms. The van der Waals surface area contributed by atoms with E-state index in [1.807, 2.05) is 13.8 Å². The van der Waals surface area contributed by atoms with Crippen molar-refractivity contribution >= 4 is 11.8 Å². The van der Waals surface area contributed by atoms with E-state index in [1.54, 1.807) is 12.1 Å². The highest BCUT2D eigenvalue weighted by Gasteiger charge is 2.22. The molecule has 0 aliphatic rings. The third-order valence-corrected chi connectivity index (χ3v) is 4.13. The van der Waals surface area contributed by atoms with Crippen LogP contribution in [0.2, 0.25) is 0 Å². The fourth-order valence-electron chi connectivity index (χ4n) is 2.72. The van der Waals surface area contributed by atoms with Crippen molar-refractivity contribution in [3.05, 3.63) is 77.1 Å². The molecular formula is C21H21F2N3O4. The molecule has 0 fully saturated rings. The lowest BCUT2D eigenvalue weighted by Gasteiger charge is -2.20. The minimum Gasteiger partial charge on any atom is -0.467 e. The van der Waals surface area contributed by atoms with Crippen molar-refractivity contribution in [3.8, 4) is 0 Å². The van der Waals surface area contributed by atoms with E-state index in [1.165, 1.54) is 17.2 Å². The van der Waals surface area contributed by atoms with Gasteiger partial charge < -0.3 is 19.2 Å². The number of rotatable bonds is 8. The van der Waals surface area contributed by atoms with Crippen LogP contribution in [0.15, 0.2) is 51.6 Å². The van der Waals surface area contributed by atoms with Crippen molar-refractivity contribution in [3.63, 3.8) is 0 Å². The van der Waals surface area contributed by atoms with Gasteiger partial charge in [-0.25, -0.2) is 8.78 Å². The molecule has 2 heterocycles. The molecule has 0 aliphatic heterocycles.